The number of aromatic nitrogens is 3. The normalized spacial score (nSPS) is 10.4. The van der Waals surface area contributed by atoms with E-state index in [1.165, 1.54) is 0 Å². The lowest BCUT2D eigenvalue weighted by atomic mass is 10.3. The van der Waals surface area contributed by atoms with Crippen LogP contribution in [-0.2, 0) is 6.42 Å². The van der Waals surface area contributed by atoms with Gasteiger partial charge in [0.05, 0.1) is 11.3 Å². The van der Waals surface area contributed by atoms with Crippen molar-refractivity contribution < 1.29 is 4.79 Å². The van der Waals surface area contributed by atoms with Crippen molar-refractivity contribution in [3.05, 3.63) is 41.1 Å². The van der Waals surface area contributed by atoms with E-state index in [-0.39, 0.29) is 11.6 Å². The Morgan fingerprint density at radius 1 is 1.38 bits per heavy atom. The minimum atomic E-state index is -0.278. The van der Waals surface area contributed by atoms with E-state index in [9.17, 15) is 4.79 Å². The highest BCUT2D eigenvalue weighted by Gasteiger charge is 2.12. The third-order valence-electron chi connectivity index (χ3n) is 2.85. The molecule has 0 radical (unpaired) electrons. The van der Waals surface area contributed by atoms with Crippen LogP contribution in [0.2, 0.25) is 5.02 Å². The van der Waals surface area contributed by atoms with Crippen LogP contribution in [0.1, 0.15) is 29.5 Å². The molecule has 2 aromatic heterocycles. The number of aromatic amines is 1. The molecule has 0 unspecified atom stereocenters. The first kappa shape index (κ1) is 15.3. The van der Waals surface area contributed by atoms with Crippen LogP contribution in [0.15, 0.2) is 24.7 Å². The van der Waals surface area contributed by atoms with Gasteiger partial charge in [0.25, 0.3) is 5.91 Å². The monoisotopic (exact) mass is 307 g/mol. The highest BCUT2D eigenvalue weighted by atomic mass is 35.5. The summed E-state index contributed by atoms with van der Waals surface area (Å²) >= 11 is 6.04. The molecule has 0 spiro atoms. The van der Waals surface area contributed by atoms with Gasteiger partial charge in [0.15, 0.2) is 0 Å². The summed E-state index contributed by atoms with van der Waals surface area (Å²) in [5.41, 5.74) is 1.20. The maximum Gasteiger partial charge on any atom is 0.271 e. The Morgan fingerprint density at radius 3 is 2.95 bits per heavy atom. The summed E-state index contributed by atoms with van der Waals surface area (Å²) in [6.45, 7) is 3.35. The molecule has 0 atom stereocenters. The first-order valence-corrected chi connectivity index (χ1v) is 7.24. The minimum absolute atomic E-state index is 0.238. The van der Waals surface area contributed by atoms with Gasteiger partial charge in [-0.2, -0.15) is 0 Å². The minimum Gasteiger partial charge on any atom is -0.370 e. The number of anilines is 1. The molecule has 2 rings (SSSR count). The van der Waals surface area contributed by atoms with Crippen molar-refractivity contribution in [3.8, 4) is 0 Å². The molecule has 0 aliphatic rings. The van der Waals surface area contributed by atoms with E-state index >= 15 is 0 Å². The molecule has 0 aliphatic carbocycles. The number of halogens is 1. The van der Waals surface area contributed by atoms with Crippen LogP contribution in [0.4, 0.5) is 5.82 Å². The number of H-pyrrole nitrogens is 1. The first-order valence-electron chi connectivity index (χ1n) is 6.86. The molecule has 21 heavy (non-hydrogen) atoms. The summed E-state index contributed by atoms with van der Waals surface area (Å²) in [6.07, 6.45) is 5.00. The number of carbonyl (C=O) groups excluding carboxylic acids is 1. The molecular weight excluding hydrogens is 290 g/mol. The number of pyridine rings is 1. The Balaban J connectivity index is 1.94. The van der Waals surface area contributed by atoms with E-state index in [0.29, 0.717) is 23.8 Å². The fourth-order valence-electron chi connectivity index (χ4n) is 1.77. The molecule has 6 nitrogen and oxygen atoms in total. The molecule has 0 aliphatic heterocycles. The lowest BCUT2D eigenvalue weighted by Gasteiger charge is -2.08. The topological polar surface area (TPSA) is 82.7 Å². The van der Waals surface area contributed by atoms with Gasteiger partial charge in [-0.1, -0.05) is 18.5 Å². The Bertz CT molecular complexity index is 585. The zero-order valence-electron chi connectivity index (χ0n) is 11.8. The van der Waals surface area contributed by atoms with Gasteiger partial charge in [-0.15, -0.1) is 0 Å². The van der Waals surface area contributed by atoms with E-state index in [2.05, 4.69) is 32.5 Å². The summed E-state index contributed by atoms with van der Waals surface area (Å²) in [7, 11) is 0. The molecule has 2 aromatic rings. The predicted molar refractivity (Wildman–Crippen MR) is 82.7 cm³/mol. The summed E-state index contributed by atoms with van der Waals surface area (Å²) in [6, 6.07) is 3.44. The predicted octanol–water partition coefficient (Wildman–Crippen LogP) is 2.25. The van der Waals surface area contributed by atoms with Gasteiger partial charge >= 0.3 is 0 Å². The third kappa shape index (κ3) is 4.46. The molecular formula is C14H18ClN5O. The Hall–Kier alpha value is -2.08. The molecule has 0 aromatic carbocycles. The van der Waals surface area contributed by atoms with Crippen molar-refractivity contribution in [2.75, 3.05) is 18.4 Å². The lowest BCUT2D eigenvalue weighted by molar-refractivity contribution is 0.0949. The van der Waals surface area contributed by atoms with Crippen LogP contribution in [0.5, 0.6) is 0 Å². The van der Waals surface area contributed by atoms with Gasteiger partial charge in [-0.3, -0.25) is 4.79 Å². The SMILES string of the molecule is CCCNc1ccc(Cl)c(C(=O)NCCc2cnc[nH]2)n1. The Labute approximate surface area is 128 Å². The van der Waals surface area contributed by atoms with Gasteiger partial charge in [-0.25, -0.2) is 9.97 Å². The zero-order chi connectivity index (χ0) is 15.1. The van der Waals surface area contributed by atoms with E-state index in [4.69, 9.17) is 11.6 Å². The summed E-state index contributed by atoms with van der Waals surface area (Å²) in [5, 5.41) is 6.28. The standard InChI is InChI=1S/C14H18ClN5O/c1-2-6-17-12-4-3-11(15)13(20-12)14(21)18-7-5-10-8-16-9-19-10/h3-4,8-9H,2,5-7H2,1H3,(H,16,19)(H,17,20)(H,18,21). The highest BCUT2D eigenvalue weighted by Crippen LogP contribution is 2.16. The number of nitrogens with zero attached hydrogens (tertiary/aromatic N) is 2. The summed E-state index contributed by atoms with van der Waals surface area (Å²) in [5.74, 6) is 0.375. The number of imidazole rings is 1. The van der Waals surface area contributed by atoms with Crippen molar-refractivity contribution in [2.45, 2.75) is 19.8 Å². The van der Waals surface area contributed by atoms with Gasteiger partial charge < -0.3 is 15.6 Å². The second-order valence-electron chi connectivity index (χ2n) is 4.54. The second-order valence-corrected chi connectivity index (χ2v) is 4.94. The van der Waals surface area contributed by atoms with Crippen LogP contribution in [0, 0.1) is 0 Å². The Kier molecular flexibility index (Phi) is 5.57. The molecule has 0 fully saturated rings. The third-order valence-corrected chi connectivity index (χ3v) is 3.16. The van der Waals surface area contributed by atoms with Crippen molar-refractivity contribution >= 4 is 23.3 Å². The second kappa shape index (κ2) is 7.64. The van der Waals surface area contributed by atoms with Crippen molar-refractivity contribution in [1.82, 2.24) is 20.3 Å². The smallest absolute Gasteiger partial charge is 0.271 e. The van der Waals surface area contributed by atoms with E-state index in [0.717, 1.165) is 18.7 Å². The molecule has 3 N–H and O–H groups in total. The number of hydrogen-bond acceptors (Lipinski definition) is 4. The fraction of sp³-hybridized carbons (Fsp3) is 0.357. The van der Waals surface area contributed by atoms with Crippen molar-refractivity contribution in [2.24, 2.45) is 0 Å². The lowest BCUT2D eigenvalue weighted by Crippen LogP contribution is -2.27. The fourth-order valence-corrected chi connectivity index (χ4v) is 1.96. The quantitative estimate of drug-likeness (QED) is 0.732. The molecule has 0 bridgehead atoms. The van der Waals surface area contributed by atoms with E-state index in [1.807, 2.05) is 0 Å². The molecule has 7 heteroatoms. The number of nitrogens with one attached hydrogen (secondary N) is 3. The van der Waals surface area contributed by atoms with Gasteiger partial charge in [0.1, 0.15) is 11.5 Å². The maximum atomic E-state index is 12.1. The number of carbonyl (C=O) groups is 1. The largest absolute Gasteiger partial charge is 0.370 e. The zero-order valence-corrected chi connectivity index (χ0v) is 12.6. The molecule has 2 heterocycles. The Morgan fingerprint density at radius 2 is 2.24 bits per heavy atom. The first-order chi connectivity index (χ1) is 10.2. The summed E-state index contributed by atoms with van der Waals surface area (Å²) < 4.78 is 0. The number of hydrogen-bond donors (Lipinski definition) is 3. The van der Waals surface area contributed by atoms with Gasteiger partial charge in [0, 0.05) is 31.4 Å². The molecule has 112 valence electrons. The molecule has 1 amide bonds. The van der Waals surface area contributed by atoms with Gasteiger partial charge in [-0.05, 0) is 18.6 Å². The van der Waals surface area contributed by atoms with Gasteiger partial charge in [0.2, 0.25) is 0 Å². The highest BCUT2D eigenvalue weighted by molar-refractivity contribution is 6.33. The van der Waals surface area contributed by atoms with Crippen LogP contribution < -0.4 is 10.6 Å². The molecule has 0 saturated heterocycles. The average molecular weight is 308 g/mol. The summed E-state index contributed by atoms with van der Waals surface area (Å²) in [4.78, 5) is 23.3. The number of amides is 1. The maximum absolute atomic E-state index is 12.1. The van der Waals surface area contributed by atoms with E-state index in [1.54, 1.807) is 24.7 Å². The van der Waals surface area contributed by atoms with E-state index < -0.39 is 0 Å². The van der Waals surface area contributed by atoms with Crippen molar-refractivity contribution in [3.63, 3.8) is 0 Å². The van der Waals surface area contributed by atoms with Crippen molar-refractivity contribution in [1.29, 1.82) is 0 Å². The van der Waals surface area contributed by atoms with Crippen LogP contribution in [0.25, 0.3) is 0 Å². The molecule has 0 saturated carbocycles. The average Bonchev–Trinajstić information content (AvgIpc) is 2.99. The van der Waals surface area contributed by atoms with Crippen LogP contribution in [0.3, 0.4) is 0 Å². The van der Waals surface area contributed by atoms with Crippen LogP contribution >= 0.6 is 11.6 Å². The van der Waals surface area contributed by atoms with Crippen LogP contribution in [-0.4, -0.2) is 33.9 Å². The number of rotatable bonds is 7.